The van der Waals surface area contributed by atoms with Crippen LogP contribution in [0.1, 0.15) is 5.56 Å². The molecule has 2 N–H and O–H groups in total. The molecule has 0 unspecified atom stereocenters. The Morgan fingerprint density at radius 1 is 1.00 bits per heavy atom. The maximum Gasteiger partial charge on any atom is 0.210 e. The molecule has 0 aliphatic heterocycles. The number of nitrogens with zero attached hydrogens (tertiary/aromatic N) is 3. The second-order valence-electron chi connectivity index (χ2n) is 5.04. The molecule has 1 heterocycles. The molecule has 3 aromatic rings. The summed E-state index contributed by atoms with van der Waals surface area (Å²) >= 11 is 1.53. The van der Waals surface area contributed by atoms with Gasteiger partial charge in [-0.05, 0) is 29.8 Å². The number of methoxy groups -OCH3 is 2. The van der Waals surface area contributed by atoms with Gasteiger partial charge in [-0.15, -0.1) is 10.2 Å². The van der Waals surface area contributed by atoms with Gasteiger partial charge in [0.2, 0.25) is 5.16 Å². The fraction of sp³-hybridized carbons (Fsp3) is 0.176. The van der Waals surface area contributed by atoms with Crippen LogP contribution in [0.2, 0.25) is 0 Å². The van der Waals surface area contributed by atoms with Crippen molar-refractivity contribution in [2.45, 2.75) is 10.9 Å². The zero-order valence-corrected chi connectivity index (χ0v) is 14.3. The second kappa shape index (κ2) is 7.27. The SMILES string of the molecule is COc1ccc(CSc2nnc(-c3cccc(OC)c3)n2N)cc1. The lowest BCUT2D eigenvalue weighted by molar-refractivity contribution is 0.414. The number of nitrogen functional groups attached to an aromatic ring is 1. The van der Waals surface area contributed by atoms with Crippen LogP contribution in [0.4, 0.5) is 0 Å². The monoisotopic (exact) mass is 342 g/mol. The molecule has 0 aliphatic carbocycles. The summed E-state index contributed by atoms with van der Waals surface area (Å²) in [6, 6.07) is 15.5. The number of benzene rings is 2. The van der Waals surface area contributed by atoms with Crippen molar-refractivity contribution in [2.24, 2.45) is 0 Å². The molecule has 2 aromatic carbocycles. The first kappa shape index (κ1) is 16.2. The molecule has 1 aromatic heterocycles. The average Bonchev–Trinajstić information content (AvgIpc) is 3.01. The standard InChI is InChI=1S/C17H18N4O2S/c1-22-14-8-6-12(7-9-14)11-24-17-20-19-16(21(17)18)13-4-3-5-15(10-13)23-2/h3-10H,11,18H2,1-2H3. The Bertz CT molecular complexity index is 818. The maximum absolute atomic E-state index is 6.15. The van der Waals surface area contributed by atoms with Crippen LogP contribution in [0, 0.1) is 0 Å². The Labute approximate surface area is 144 Å². The normalized spacial score (nSPS) is 10.6. The fourth-order valence-corrected chi connectivity index (χ4v) is 3.02. The Morgan fingerprint density at radius 3 is 2.46 bits per heavy atom. The van der Waals surface area contributed by atoms with Gasteiger partial charge >= 0.3 is 0 Å². The quantitative estimate of drug-likeness (QED) is 0.548. The molecular formula is C17H18N4O2S. The highest BCUT2D eigenvalue weighted by Crippen LogP contribution is 2.26. The van der Waals surface area contributed by atoms with E-state index in [1.54, 1.807) is 14.2 Å². The molecule has 124 valence electrons. The highest BCUT2D eigenvalue weighted by molar-refractivity contribution is 7.98. The highest BCUT2D eigenvalue weighted by atomic mass is 32.2. The first-order chi connectivity index (χ1) is 11.7. The number of nitrogens with two attached hydrogens (primary N) is 1. The van der Waals surface area contributed by atoms with E-state index in [1.165, 1.54) is 16.4 Å². The third-order valence-electron chi connectivity index (χ3n) is 3.52. The molecule has 0 aliphatic rings. The summed E-state index contributed by atoms with van der Waals surface area (Å²) in [5.74, 6) is 9.09. The average molecular weight is 342 g/mol. The number of ether oxygens (including phenoxy) is 2. The molecule has 0 amide bonds. The second-order valence-corrected chi connectivity index (χ2v) is 5.99. The molecule has 7 heteroatoms. The third kappa shape index (κ3) is 3.46. The molecule has 0 bridgehead atoms. The van der Waals surface area contributed by atoms with Crippen LogP contribution in [0.15, 0.2) is 53.7 Å². The minimum Gasteiger partial charge on any atom is -0.497 e. The van der Waals surface area contributed by atoms with E-state index in [4.69, 9.17) is 15.3 Å². The van der Waals surface area contributed by atoms with Crippen LogP contribution in [-0.2, 0) is 5.75 Å². The summed E-state index contributed by atoms with van der Waals surface area (Å²) in [4.78, 5) is 0. The van der Waals surface area contributed by atoms with E-state index in [1.807, 2.05) is 48.5 Å². The van der Waals surface area contributed by atoms with Gasteiger partial charge in [0.15, 0.2) is 5.82 Å². The van der Waals surface area contributed by atoms with Crippen molar-refractivity contribution in [3.05, 3.63) is 54.1 Å². The van der Waals surface area contributed by atoms with Crippen LogP contribution < -0.4 is 15.3 Å². The van der Waals surface area contributed by atoms with Crippen molar-refractivity contribution in [3.8, 4) is 22.9 Å². The van der Waals surface area contributed by atoms with Crippen molar-refractivity contribution in [3.63, 3.8) is 0 Å². The van der Waals surface area contributed by atoms with Crippen LogP contribution >= 0.6 is 11.8 Å². The molecule has 0 fully saturated rings. The summed E-state index contributed by atoms with van der Waals surface area (Å²) in [6.07, 6.45) is 0. The molecule has 3 rings (SSSR count). The number of rotatable bonds is 6. The highest BCUT2D eigenvalue weighted by Gasteiger charge is 2.13. The van der Waals surface area contributed by atoms with E-state index in [2.05, 4.69) is 10.2 Å². The Kier molecular flexibility index (Phi) is 4.90. The molecule has 0 radical (unpaired) electrons. The molecule has 0 saturated carbocycles. The Hall–Kier alpha value is -2.67. The van der Waals surface area contributed by atoms with Gasteiger partial charge in [0.25, 0.3) is 0 Å². The first-order valence-corrected chi connectivity index (χ1v) is 8.30. The Morgan fingerprint density at radius 2 is 1.75 bits per heavy atom. The van der Waals surface area contributed by atoms with Gasteiger partial charge in [0.05, 0.1) is 14.2 Å². The van der Waals surface area contributed by atoms with Gasteiger partial charge in [-0.1, -0.05) is 36.0 Å². The largest absolute Gasteiger partial charge is 0.497 e. The lowest BCUT2D eigenvalue weighted by Crippen LogP contribution is -2.11. The van der Waals surface area contributed by atoms with Gasteiger partial charge in [0.1, 0.15) is 11.5 Å². The predicted molar refractivity (Wildman–Crippen MR) is 94.7 cm³/mol. The van der Waals surface area contributed by atoms with E-state index < -0.39 is 0 Å². The third-order valence-corrected chi connectivity index (χ3v) is 4.53. The van der Waals surface area contributed by atoms with Crippen molar-refractivity contribution in [2.75, 3.05) is 20.1 Å². The lowest BCUT2D eigenvalue weighted by atomic mass is 10.2. The van der Waals surface area contributed by atoms with Gasteiger partial charge in [-0.2, -0.15) is 0 Å². The fourth-order valence-electron chi connectivity index (χ4n) is 2.20. The van der Waals surface area contributed by atoms with Gasteiger partial charge in [-0.25, -0.2) is 4.68 Å². The van der Waals surface area contributed by atoms with Crippen molar-refractivity contribution in [1.82, 2.24) is 14.9 Å². The van der Waals surface area contributed by atoms with Crippen LogP contribution in [0.3, 0.4) is 0 Å². The molecule has 0 saturated heterocycles. The van der Waals surface area contributed by atoms with E-state index in [-0.39, 0.29) is 0 Å². The zero-order chi connectivity index (χ0) is 16.9. The van der Waals surface area contributed by atoms with E-state index >= 15 is 0 Å². The van der Waals surface area contributed by atoms with Crippen molar-refractivity contribution in [1.29, 1.82) is 0 Å². The van der Waals surface area contributed by atoms with Crippen molar-refractivity contribution >= 4 is 11.8 Å². The van der Waals surface area contributed by atoms with E-state index in [0.717, 1.165) is 28.4 Å². The zero-order valence-electron chi connectivity index (χ0n) is 13.5. The summed E-state index contributed by atoms with van der Waals surface area (Å²) in [6.45, 7) is 0. The molecule has 0 atom stereocenters. The van der Waals surface area contributed by atoms with Gasteiger partial charge in [-0.3, -0.25) is 0 Å². The van der Waals surface area contributed by atoms with E-state index in [9.17, 15) is 0 Å². The molecule has 6 nitrogen and oxygen atoms in total. The van der Waals surface area contributed by atoms with Crippen LogP contribution in [0.5, 0.6) is 11.5 Å². The maximum atomic E-state index is 6.15. The van der Waals surface area contributed by atoms with Crippen LogP contribution in [-0.4, -0.2) is 29.1 Å². The first-order valence-electron chi connectivity index (χ1n) is 7.32. The van der Waals surface area contributed by atoms with Crippen LogP contribution in [0.25, 0.3) is 11.4 Å². The number of thioether (sulfide) groups is 1. The number of hydrogen-bond acceptors (Lipinski definition) is 6. The summed E-state index contributed by atoms with van der Waals surface area (Å²) in [5.41, 5.74) is 2.02. The van der Waals surface area contributed by atoms with E-state index in [0.29, 0.717) is 11.0 Å². The summed E-state index contributed by atoms with van der Waals surface area (Å²) < 4.78 is 11.9. The lowest BCUT2D eigenvalue weighted by Gasteiger charge is -2.06. The van der Waals surface area contributed by atoms with Gasteiger partial charge in [0, 0.05) is 11.3 Å². The summed E-state index contributed by atoms with van der Waals surface area (Å²) in [7, 11) is 3.28. The molecule has 0 spiro atoms. The smallest absolute Gasteiger partial charge is 0.210 e. The number of hydrogen-bond donors (Lipinski definition) is 1. The van der Waals surface area contributed by atoms with Crippen molar-refractivity contribution < 1.29 is 9.47 Å². The minimum absolute atomic E-state index is 0.603. The topological polar surface area (TPSA) is 75.2 Å². The molecule has 24 heavy (non-hydrogen) atoms. The number of aromatic nitrogens is 3. The molecular weight excluding hydrogens is 324 g/mol. The summed E-state index contributed by atoms with van der Waals surface area (Å²) in [5, 5.41) is 9.03. The Balaban J connectivity index is 1.74. The predicted octanol–water partition coefficient (Wildman–Crippen LogP) is 2.97. The van der Waals surface area contributed by atoms with Gasteiger partial charge < -0.3 is 15.3 Å². The minimum atomic E-state index is 0.603.